The fourth-order valence-electron chi connectivity index (χ4n) is 0.738. The fraction of sp³-hybridized carbons (Fsp3) is 0.857. The predicted molar refractivity (Wildman–Crippen MR) is 54.7 cm³/mol. The van der Waals surface area contributed by atoms with Gasteiger partial charge in [0.1, 0.15) is 0 Å². The molecule has 0 aliphatic carbocycles. The first-order chi connectivity index (χ1) is 6.31. The molecule has 0 radical (unpaired) electrons. The third-order valence-electron chi connectivity index (χ3n) is 1.36. The van der Waals surface area contributed by atoms with Gasteiger partial charge in [-0.1, -0.05) is 21.0 Å². The zero-order valence-electron chi connectivity index (χ0n) is 7.37. The Kier molecular flexibility index (Phi) is 8.82. The molecule has 0 aliphatic heterocycles. The molecule has 6 heteroatoms. The van der Waals surface area contributed by atoms with Crippen LogP contribution in [-0.4, -0.2) is 24.3 Å². The van der Waals surface area contributed by atoms with E-state index in [9.17, 15) is 4.79 Å². The van der Waals surface area contributed by atoms with E-state index in [1.165, 1.54) is 0 Å². The molecule has 0 rings (SSSR count). The van der Waals surface area contributed by atoms with Gasteiger partial charge < -0.3 is 5.32 Å². The number of azide groups is 1. The van der Waals surface area contributed by atoms with Crippen molar-refractivity contribution < 1.29 is 4.79 Å². The number of rotatable bonds is 7. The number of alkyl halides is 1. The molecule has 74 valence electrons. The maximum absolute atomic E-state index is 11.0. The Labute approximate surface area is 85.6 Å². The molecule has 0 aromatic heterocycles. The number of hydrogen-bond donors (Lipinski definition) is 1. The molecule has 0 fully saturated rings. The van der Waals surface area contributed by atoms with Crippen molar-refractivity contribution in [3.8, 4) is 0 Å². The number of halogens is 1. The number of hydrogen-bond acceptors (Lipinski definition) is 2. The number of nitrogens with one attached hydrogen (secondary N) is 1. The molecule has 0 unspecified atom stereocenters. The highest BCUT2D eigenvalue weighted by Gasteiger charge is 1.98. The van der Waals surface area contributed by atoms with E-state index >= 15 is 0 Å². The Balaban J connectivity index is 3.24. The first-order valence-electron chi connectivity index (χ1n) is 4.14. The Morgan fingerprint density at radius 3 is 2.92 bits per heavy atom. The SMILES string of the molecule is [N-]=[N+]=NCCCC(=O)NCCCBr. The van der Waals surface area contributed by atoms with Gasteiger partial charge in [0.05, 0.1) is 0 Å². The normalized spacial score (nSPS) is 9.00. The van der Waals surface area contributed by atoms with Gasteiger partial charge in [-0.15, -0.1) is 0 Å². The van der Waals surface area contributed by atoms with Crippen LogP contribution in [0.2, 0.25) is 0 Å². The van der Waals surface area contributed by atoms with Crippen molar-refractivity contribution in [2.24, 2.45) is 5.11 Å². The Morgan fingerprint density at radius 1 is 1.54 bits per heavy atom. The van der Waals surface area contributed by atoms with Crippen molar-refractivity contribution in [1.82, 2.24) is 5.32 Å². The second-order valence-corrected chi connectivity index (χ2v) is 3.24. The van der Waals surface area contributed by atoms with E-state index in [0.29, 0.717) is 25.9 Å². The molecule has 0 spiro atoms. The number of amides is 1. The van der Waals surface area contributed by atoms with Gasteiger partial charge in [-0.2, -0.15) is 0 Å². The first-order valence-corrected chi connectivity index (χ1v) is 5.27. The quantitative estimate of drug-likeness (QED) is 0.242. The molecular formula is C7H13BrN4O. The fourth-order valence-corrected chi connectivity index (χ4v) is 1.02. The van der Waals surface area contributed by atoms with E-state index in [1.807, 2.05) is 0 Å². The summed E-state index contributed by atoms with van der Waals surface area (Å²) in [5.74, 6) is 0.0223. The van der Waals surface area contributed by atoms with E-state index in [2.05, 4.69) is 31.3 Å². The van der Waals surface area contributed by atoms with Gasteiger partial charge >= 0.3 is 0 Å². The topological polar surface area (TPSA) is 77.9 Å². The van der Waals surface area contributed by atoms with Crippen LogP contribution in [0.4, 0.5) is 0 Å². The van der Waals surface area contributed by atoms with Crippen LogP contribution in [0.1, 0.15) is 19.3 Å². The third kappa shape index (κ3) is 9.17. The summed E-state index contributed by atoms with van der Waals surface area (Å²) in [4.78, 5) is 13.6. The van der Waals surface area contributed by atoms with E-state index in [-0.39, 0.29) is 5.91 Å². The molecule has 0 bridgehead atoms. The summed E-state index contributed by atoms with van der Waals surface area (Å²) in [7, 11) is 0. The van der Waals surface area contributed by atoms with Gasteiger partial charge in [-0.3, -0.25) is 4.79 Å². The summed E-state index contributed by atoms with van der Waals surface area (Å²) in [5.41, 5.74) is 7.96. The largest absolute Gasteiger partial charge is 0.356 e. The second-order valence-electron chi connectivity index (χ2n) is 2.45. The van der Waals surface area contributed by atoms with Crippen LogP contribution < -0.4 is 5.32 Å². The van der Waals surface area contributed by atoms with Gasteiger partial charge in [-0.05, 0) is 18.4 Å². The monoisotopic (exact) mass is 248 g/mol. The highest BCUT2D eigenvalue weighted by molar-refractivity contribution is 9.09. The van der Waals surface area contributed by atoms with Crippen molar-refractivity contribution in [1.29, 1.82) is 0 Å². The molecule has 0 aliphatic rings. The van der Waals surface area contributed by atoms with Crippen molar-refractivity contribution in [3.63, 3.8) is 0 Å². The summed E-state index contributed by atoms with van der Waals surface area (Å²) < 4.78 is 0. The predicted octanol–water partition coefficient (Wildman–Crippen LogP) is 1.98. The van der Waals surface area contributed by atoms with Crippen molar-refractivity contribution in [2.75, 3.05) is 18.4 Å². The summed E-state index contributed by atoms with van der Waals surface area (Å²) in [6, 6.07) is 0. The minimum absolute atomic E-state index is 0.0223. The lowest BCUT2D eigenvalue weighted by Gasteiger charge is -2.01. The lowest BCUT2D eigenvalue weighted by Crippen LogP contribution is -2.24. The van der Waals surface area contributed by atoms with E-state index in [0.717, 1.165) is 11.8 Å². The van der Waals surface area contributed by atoms with E-state index in [1.54, 1.807) is 0 Å². The van der Waals surface area contributed by atoms with Crippen LogP contribution in [0.15, 0.2) is 5.11 Å². The number of carbonyl (C=O) groups excluding carboxylic acids is 1. The zero-order chi connectivity index (χ0) is 9.94. The van der Waals surface area contributed by atoms with Crippen molar-refractivity contribution in [3.05, 3.63) is 10.4 Å². The van der Waals surface area contributed by atoms with Gasteiger partial charge in [0.2, 0.25) is 5.91 Å². The molecular weight excluding hydrogens is 236 g/mol. The first kappa shape index (κ1) is 12.3. The molecule has 0 aromatic rings. The molecule has 0 aromatic carbocycles. The molecule has 13 heavy (non-hydrogen) atoms. The molecule has 0 saturated heterocycles. The summed E-state index contributed by atoms with van der Waals surface area (Å²) in [6.45, 7) is 1.09. The Hall–Kier alpha value is -0.740. The van der Waals surface area contributed by atoms with Crippen LogP contribution in [-0.2, 0) is 4.79 Å². The molecule has 0 atom stereocenters. The van der Waals surface area contributed by atoms with Gasteiger partial charge in [0.15, 0.2) is 0 Å². The minimum Gasteiger partial charge on any atom is -0.356 e. The van der Waals surface area contributed by atoms with Crippen LogP contribution in [0.3, 0.4) is 0 Å². The average molecular weight is 249 g/mol. The maximum atomic E-state index is 11.0. The minimum atomic E-state index is 0.0223. The van der Waals surface area contributed by atoms with Crippen LogP contribution in [0, 0.1) is 0 Å². The smallest absolute Gasteiger partial charge is 0.219 e. The second kappa shape index (κ2) is 9.35. The van der Waals surface area contributed by atoms with E-state index in [4.69, 9.17) is 5.53 Å². The van der Waals surface area contributed by atoms with Gasteiger partial charge in [0, 0.05) is 29.8 Å². The van der Waals surface area contributed by atoms with Gasteiger partial charge in [0.25, 0.3) is 0 Å². The van der Waals surface area contributed by atoms with Crippen LogP contribution in [0.5, 0.6) is 0 Å². The van der Waals surface area contributed by atoms with Crippen molar-refractivity contribution in [2.45, 2.75) is 19.3 Å². The number of nitrogens with zero attached hydrogens (tertiary/aromatic N) is 3. The van der Waals surface area contributed by atoms with Crippen molar-refractivity contribution >= 4 is 21.8 Å². The Bertz CT molecular complexity index is 191. The summed E-state index contributed by atoms with van der Waals surface area (Å²) in [6.07, 6.45) is 1.98. The third-order valence-corrected chi connectivity index (χ3v) is 1.92. The highest BCUT2D eigenvalue weighted by Crippen LogP contribution is 1.91. The van der Waals surface area contributed by atoms with Crippen LogP contribution in [0.25, 0.3) is 10.4 Å². The standard InChI is InChI=1S/C7H13BrN4O/c8-4-2-5-10-7(13)3-1-6-11-12-9/h1-6H2,(H,10,13). The number of carbonyl (C=O) groups is 1. The molecule has 1 amide bonds. The van der Waals surface area contributed by atoms with E-state index < -0.39 is 0 Å². The molecule has 0 heterocycles. The summed E-state index contributed by atoms with van der Waals surface area (Å²) in [5, 5.41) is 6.98. The highest BCUT2D eigenvalue weighted by atomic mass is 79.9. The summed E-state index contributed by atoms with van der Waals surface area (Å²) >= 11 is 3.27. The lowest BCUT2D eigenvalue weighted by atomic mass is 10.3. The molecule has 5 nitrogen and oxygen atoms in total. The molecule has 0 saturated carbocycles. The molecule has 1 N–H and O–H groups in total. The van der Waals surface area contributed by atoms with Gasteiger partial charge in [-0.25, -0.2) is 0 Å². The maximum Gasteiger partial charge on any atom is 0.219 e. The Morgan fingerprint density at radius 2 is 2.31 bits per heavy atom. The lowest BCUT2D eigenvalue weighted by molar-refractivity contribution is -0.121. The zero-order valence-corrected chi connectivity index (χ0v) is 8.96. The average Bonchev–Trinajstić information content (AvgIpc) is 2.13. The van der Waals surface area contributed by atoms with Crippen LogP contribution >= 0.6 is 15.9 Å².